The summed E-state index contributed by atoms with van der Waals surface area (Å²) in [6, 6.07) is 0. The van der Waals surface area contributed by atoms with E-state index >= 15 is 0 Å². The lowest BCUT2D eigenvalue weighted by molar-refractivity contribution is 0.358. The number of nitrogens with zero attached hydrogens (tertiary/aromatic N) is 3. The van der Waals surface area contributed by atoms with Gasteiger partial charge in [0.1, 0.15) is 0 Å². The van der Waals surface area contributed by atoms with Gasteiger partial charge in [-0.3, -0.25) is 0 Å². The Bertz CT molecular complexity index is 369. The van der Waals surface area contributed by atoms with Crippen molar-refractivity contribution < 1.29 is 0 Å². The highest BCUT2D eigenvalue weighted by atomic mass is 15.1. The SMILES string of the molecule is CNC(C)(C)c1cncn1CC1CCN(C)C1. The van der Waals surface area contributed by atoms with Crippen LogP contribution in [0.2, 0.25) is 0 Å². The largest absolute Gasteiger partial charge is 0.333 e. The fraction of sp³-hybridized carbons (Fsp3) is 0.769. The Morgan fingerprint density at radius 1 is 1.53 bits per heavy atom. The van der Waals surface area contributed by atoms with Gasteiger partial charge in [-0.15, -0.1) is 0 Å². The lowest BCUT2D eigenvalue weighted by Crippen LogP contribution is -2.36. The van der Waals surface area contributed by atoms with Crippen molar-refractivity contribution >= 4 is 0 Å². The van der Waals surface area contributed by atoms with Crippen LogP contribution in [0.5, 0.6) is 0 Å². The Morgan fingerprint density at radius 2 is 2.29 bits per heavy atom. The van der Waals surface area contributed by atoms with E-state index < -0.39 is 0 Å². The molecule has 0 saturated carbocycles. The Hall–Kier alpha value is -0.870. The van der Waals surface area contributed by atoms with E-state index in [1.165, 1.54) is 25.2 Å². The van der Waals surface area contributed by atoms with Gasteiger partial charge in [-0.25, -0.2) is 4.98 Å². The van der Waals surface area contributed by atoms with E-state index in [1.54, 1.807) is 0 Å². The maximum atomic E-state index is 4.31. The van der Waals surface area contributed by atoms with Crippen LogP contribution in [0.25, 0.3) is 0 Å². The third-order valence-electron chi connectivity index (χ3n) is 3.92. The van der Waals surface area contributed by atoms with Crippen LogP contribution in [-0.2, 0) is 12.1 Å². The molecule has 1 aromatic heterocycles. The van der Waals surface area contributed by atoms with Gasteiger partial charge in [0.05, 0.1) is 17.6 Å². The van der Waals surface area contributed by atoms with E-state index in [-0.39, 0.29) is 5.54 Å². The molecule has 1 aliphatic rings. The van der Waals surface area contributed by atoms with Crippen molar-refractivity contribution in [3.8, 4) is 0 Å². The highest BCUT2D eigenvalue weighted by molar-refractivity contribution is 5.11. The first-order valence-electron chi connectivity index (χ1n) is 6.41. The number of hydrogen-bond donors (Lipinski definition) is 1. The van der Waals surface area contributed by atoms with E-state index in [4.69, 9.17) is 0 Å². The standard InChI is InChI=1S/C13H24N4/c1-13(2,14-3)12-7-15-10-17(12)9-11-5-6-16(4)8-11/h7,10-11,14H,5-6,8-9H2,1-4H3. The topological polar surface area (TPSA) is 33.1 Å². The monoisotopic (exact) mass is 236 g/mol. The third-order valence-corrected chi connectivity index (χ3v) is 3.92. The second-order valence-corrected chi connectivity index (χ2v) is 5.72. The van der Waals surface area contributed by atoms with Crippen LogP contribution in [0.15, 0.2) is 12.5 Å². The zero-order valence-electron chi connectivity index (χ0n) is 11.4. The van der Waals surface area contributed by atoms with Gasteiger partial charge in [0.25, 0.3) is 0 Å². The minimum atomic E-state index is -0.0129. The van der Waals surface area contributed by atoms with Crippen LogP contribution in [0, 0.1) is 5.92 Å². The summed E-state index contributed by atoms with van der Waals surface area (Å²) in [5.74, 6) is 0.764. The maximum Gasteiger partial charge on any atom is 0.0948 e. The summed E-state index contributed by atoms with van der Waals surface area (Å²) in [7, 11) is 4.20. The Kier molecular flexibility index (Phi) is 3.54. The molecule has 0 bridgehead atoms. The maximum absolute atomic E-state index is 4.31. The van der Waals surface area contributed by atoms with Crippen LogP contribution >= 0.6 is 0 Å². The van der Waals surface area contributed by atoms with E-state index in [9.17, 15) is 0 Å². The number of nitrogens with one attached hydrogen (secondary N) is 1. The molecule has 4 nitrogen and oxygen atoms in total. The first kappa shape index (κ1) is 12.6. The van der Waals surface area contributed by atoms with Crippen molar-refractivity contribution in [3.05, 3.63) is 18.2 Å². The van der Waals surface area contributed by atoms with E-state index in [0.717, 1.165) is 12.5 Å². The molecule has 1 aliphatic heterocycles. The molecule has 4 heteroatoms. The van der Waals surface area contributed by atoms with Crippen molar-refractivity contribution in [2.45, 2.75) is 32.4 Å². The summed E-state index contributed by atoms with van der Waals surface area (Å²) in [5.41, 5.74) is 1.26. The van der Waals surface area contributed by atoms with Gasteiger partial charge in [0.2, 0.25) is 0 Å². The fourth-order valence-electron chi connectivity index (χ4n) is 2.57. The second kappa shape index (κ2) is 4.78. The Balaban J connectivity index is 2.09. The average molecular weight is 236 g/mol. The molecule has 1 atom stereocenters. The molecular weight excluding hydrogens is 212 g/mol. The Morgan fingerprint density at radius 3 is 2.88 bits per heavy atom. The number of rotatable bonds is 4. The molecule has 1 aromatic rings. The molecule has 0 aromatic carbocycles. The minimum absolute atomic E-state index is 0.0129. The average Bonchev–Trinajstić information content (AvgIpc) is 2.89. The van der Waals surface area contributed by atoms with E-state index in [2.05, 4.69) is 40.7 Å². The predicted molar refractivity (Wildman–Crippen MR) is 69.9 cm³/mol. The highest BCUT2D eigenvalue weighted by Crippen LogP contribution is 2.22. The zero-order chi connectivity index (χ0) is 12.5. The Labute approximate surface area is 104 Å². The molecule has 0 radical (unpaired) electrons. The molecule has 0 aliphatic carbocycles. The molecular formula is C13H24N4. The van der Waals surface area contributed by atoms with Crippen molar-refractivity contribution in [1.82, 2.24) is 19.8 Å². The van der Waals surface area contributed by atoms with Gasteiger partial charge in [0, 0.05) is 19.3 Å². The van der Waals surface area contributed by atoms with Crippen molar-refractivity contribution in [2.24, 2.45) is 5.92 Å². The van der Waals surface area contributed by atoms with Crippen LogP contribution in [0.3, 0.4) is 0 Å². The lowest BCUT2D eigenvalue weighted by Gasteiger charge is -2.26. The molecule has 1 N–H and O–H groups in total. The number of likely N-dealkylation sites (tertiary alicyclic amines) is 1. The molecule has 2 heterocycles. The molecule has 0 amide bonds. The van der Waals surface area contributed by atoms with E-state index in [0.29, 0.717) is 0 Å². The van der Waals surface area contributed by atoms with Gasteiger partial charge in [-0.2, -0.15) is 0 Å². The summed E-state index contributed by atoms with van der Waals surface area (Å²) < 4.78 is 2.31. The summed E-state index contributed by atoms with van der Waals surface area (Å²) in [5, 5.41) is 3.35. The number of imidazole rings is 1. The van der Waals surface area contributed by atoms with Gasteiger partial charge in [0.15, 0.2) is 0 Å². The summed E-state index contributed by atoms with van der Waals surface area (Å²) >= 11 is 0. The smallest absolute Gasteiger partial charge is 0.0948 e. The minimum Gasteiger partial charge on any atom is -0.333 e. The second-order valence-electron chi connectivity index (χ2n) is 5.72. The fourth-order valence-corrected chi connectivity index (χ4v) is 2.57. The predicted octanol–water partition coefficient (Wildman–Crippen LogP) is 1.29. The quantitative estimate of drug-likeness (QED) is 0.855. The van der Waals surface area contributed by atoms with Crippen molar-refractivity contribution in [2.75, 3.05) is 27.2 Å². The summed E-state index contributed by atoms with van der Waals surface area (Å²) in [4.78, 5) is 6.71. The zero-order valence-corrected chi connectivity index (χ0v) is 11.4. The van der Waals surface area contributed by atoms with Crippen LogP contribution in [0.1, 0.15) is 26.0 Å². The van der Waals surface area contributed by atoms with Crippen molar-refractivity contribution in [3.63, 3.8) is 0 Å². The van der Waals surface area contributed by atoms with Crippen LogP contribution in [-0.4, -0.2) is 41.6 Å². The first-order chi connectivity index (χ1) is 8.03. The molecule has 2 rings (SSSR count). The van der Waals surface area contributed by atoms with Gasteiger partial charge < -0.3 is 14.8 Å². The third kappa shape index (κ3) is 2.69. The van der Waals surface area contributed by atoms with Gasteiger partial charge >= 0.3 is 0 Å². The molecule has 1 unspecified atom stereocenters. The van der Waals surface area contributed by atoms with Crippen LogP contribution < -0.4 is 5.32 Å². The van der Waals surface area contributed by atoms with Crippen molar-refractivity contribution in [1.29, 1.82) is 0 Å². The summed E-state index contributed by atoms with van der Waals surface area (Å²) in [6.45, 7) is 7.91. The molecule has 96 valence electrons. The van der Waals surface area contributed by atoms with E-state index in [1.807, 2.05) is 19.6 Å². The molecule has 17 heavy (non-hydrogen) atoms. The summed E-state index contributed by atoms with van der Waals surface area (Å²) in [6.07, 6.45) is 5.25. The van der Waals surface area contributed by atoms with Gasteiger partial charge in [-0.05, 0) is 46.8 Å². The molecule has 1 fully saturated rings. The molecule has 0 spiro atoms. The first-order valence-corrected chi connectivity index (χ1v) is 6.41. The molecule has 1 saturated heterocycles. The van der Waals surface area contributed by atoms with Crippen LogP contribution in [0.4, 0.5) is 0 Å². The normalized spacial score (nSPS) is 22.2. The highest BCUT2D eigenvalue weighted by Gasteiger charge is 2.25. The lowest BCUT2D eigenvalue weighted by atomic mass is 10.0. The number of aromatic nitrogens is 2. The van der Waals surface area contributed by atoms with Gasteiger partial charge in [-0.1, -0.05) is 0 Å². The number of hydrogen-bond acceptors (Lipinski definition) is 3.